The molecule has 0 spiro atoms. The van der Waals surface area contributed by atoms with E-state index >= 15 is 0 Å². The lowest BCUT2D eigenvalue weighted by Gasteiger charge is -2.00. The van der Waals surface area contributed by atoms with Crippen molar-refractivity contribution in [2.24, 2.45) is 0 Å². The minimum Gasteiger partial charge on any atom is -0.338 e. The van der Waals surface area contributed by atoms with Gasteiger partial charge in [-0.05, 0) is 37.2 Å². The van der Waals surface area contributed by atoms with Crippen LogP contribution in [0.5, 0.6) is 0 Å². The van der Waals surface area contributed by atoms with E-state index in [-0.39, 0.29) is 0 Å². The van der Waals surface area contributed by atoms with E-state index < -0.39 is 0 Å². The second-order valence-electron chi connectivity index (χ2n) is 4.78. The van der Waals surface area contributed by atoms with Crippen LogP contribution in [0.25, 0.3) is 22.4 Å². The van der Waals surface area contributed by atoms with E-state index in [4.69, 9.17) is 0 Å². The molecule has 0 saturated heterocycles. The zero-order chi connectivity index (χ0) is 13.2. The van der Waals surface area contributed by atoms with Gasteiger partial charge in [-0.2, -0.15) is 0 Å². The Morgan fingerprint density at radius 1 is 1.16 bits per heavy atom. The van der Waals surface area contributed by atoms with Crippen LogP contribution in [0.2, 0.25) is 0 Å². The molecule has 3 nitrogen and oxygen atoms in total. The van der Waals surface area contributed by atoms with E-state index in [0.717, 1.165) is 29.0 Å². The molecule has 0 fully saturated rings. The number of H-pyrrole nitrogens is 1. The van der Waals surface area contributed by atoms with Crippen LogP contribution in [0, 0.1) is 6.92 Å². The highest BCUT2D eigenvalue weighted by Crippen LogP contribution is 2.23. The van der Waals surface area contributed by atoms with Gasteiger partial charge < -0.3 is 10.3 Å². The van der Waals surface area contributed by atoms with E-state index in [1.165, 1.54) is 11.1 Å². The fraction of sp³-hybridized carbons (Fsp3) is 0.188. The number of benzene rings is 2. The van der Waals surface area contributed by atoms with Gasteiger partial charge in [0, 0.05) is 12.1 Å². The first-order valence-corrected chi connectivity index (χ1v) is 6.47. The molecule has 3 heteroatoms. The number of hydrogen-bond donors (Lipinski definition) is 2. The lowest BCUT2D eigenvalue weighted by molar-refractivity contribution is 0.819. The van der Waals surface area contributed by atoms with Gasteiger partial charge in [0.15, 0.2) is 0 Å². The number of aryl methyl sites for hydroxylation is 1. The number of imidazole rings is 1. The monoisotopic (exact) mass is 251 g/mol. The zero-order valence-corrected chi connectivity index (χ0v) is 11.2. The molecule has 0 unspecified atom stereocenters. The summed E-state index contributed by atoms with van der Waals surface area (Å²) < 4.78 is 0. The summed E-state index contributed by atoms with van der Waals surface area (Å²) in [6.45, 7) is 2.98. The van der Waals surface area contributed by atoms with Crippen LogP contribution in [-0.4, -0.2) is 17.0 Å². The number of fused-ring (bicyclic) bond motifs is 1. The van der Waals surface area contributed by atoms with Crippen molar-refractivity contribution in [3.8, 4) is 11.4 Å². The Hall–Kier alpha value is -2.13. The number of nitrogens with one attached hydrogen (secondary N) is 2. The number of nitrogens with zero attached hydrogens (tertiary/aromatic N) is 1. The van der Waals surface area contributed by atoms with Crippen LogP contribution in [-0.2, 0) is 6.54 Å². The van der Waals surface area contributed by atoms with Crippen LogP contribution in [0.1, 0.15) is 11.1 Å². The van der Waals surface area contributed by atoms with Crippen LogP contribution in [0.4, 0.5) is 0 Å². The Bertz CT molecular complexity index is 713. The highest BCUT2D eigenvalue weighted by atomic mass is 14.9. The lowest BCUT2D eigenvalue weighted by Crippen LogP contribution is -2.04. The third kappa shape index (κ3) is 2.25. The van der Waals surface area contributed by atoms with E-state index in [9.17, 15) is 0 Å². The van der Waals surface area contributed by atoms with Crippen molar-refractivity contribution < 1.29 is 0 Å². The average molecular weight is 251 g/mol. The Morgan fingerprint density at radius 2 is 2.00 bits per heavy atom. The Labute approximate surface area is 112 Å². The minimum atomic E-state index is 0.870. The SMILES string of the molecule is CNCc1ccc2nc(-c3ccccc3C)[nH]c2c1. The quantitative estimate of drug-likeness (QED) is 0.750. The number of rotatable bonds is 3. The van der Waals surface area contributed by atoms with Crippen molar-refractivity contribution in [2.75, 3.05) is 7.05 Å². The summed E-state index contributed by atoms with van der Waals surface area (Å²) in [5.41, 5.74) is 5.75. The van der Waals surface area contributed by atoms with Gasteiger partial charge in [0.2, 0.25) is 0 Å². The summed E-state index contributed by atoms with van der Waals surface area (Å²) in [5, 5.41) is 3.16. The number of aromatic nitrogens is 2. The number of aromatic amines is 1. The van der Waals surface area contributed by atoms with Crippen molar-refractivity contribution in [1.29, 1.82) is 0 Å². The average Bonchev–Trinajstić information content (AvgIpc) is 2.82. The second kappa shape index (κ2) is 4.86. The van der Waals surface area contributed by atoms with Gasteiger partial charge in [0.05, 0.1) is 11.0 Å². The molecule has 0 aliphatic rings. The molecule has 1 heterocycles. The molecule has 0 bridgehead atoms. The molecule has 0 atom stereocenters. The molecule has 1 aromatic heterocycles. The molecule has 0 amide bonds. The largest absolute Gasteiger partial charge is 0.338 e. The second-order valence-corrected chi connectivity index (χ2v) is 4.78. The lowest BCUT2D eigenvalue weighted by atomic mass is 10.1. The fourth-order valence-electron chi connectivity index (χ4n) is 2.34. The molecule has 19 heavy (non-hydrogen) atoms. The molecular formula is C16H17N3. The topological polar surface area (TPSA) is 40.7 Å². The fourth-order valence-corrected chi connectivity index (χ4v) is 2.34. The molecule has 0 aliphatic carbocycles. The van der Waals surface area contributed by atoms with Crippen molar-refractivity contribution >= 4 is 11.0 Å². The molecule has 96 valence electrons. The molecule has 2 N–H and O–H groups in total. The van der Waals surface area contributed by atoms with Gasteiger partial charge in [-0.3, -0.25) is 0 Å². The van der Waals surface area contributed by atoms with Crippen LogP contribution < -0.4 is 5.32 Å². The van der Waals surface area contributed by atoms with E-state index in [2.05, 4.69) is 52.5 Å². The van der Waals surface area contributed by atoms with Crippen LogP contribution in [0.15, 0.2) is 42.5 Å². The minimum absolute atomic E-state index is 0.870. The summed E-state index contributed by atoms with van der Waals surface area (Å²) in [4.78, 5) is 8.08. The summed E-state index contributed by atoms with van der Waals surface area (Å²) in [5.74, 6) is 0.940. The summed E-state index contributed by atoms with van der Waals surface area (Å²) in [6.07, 6.45) is 0. The highest BCUT2D eigenvalue weighted by molar-refractivity contribution is 5.80. The number of hydrogen-bond acceptors (Lipinski definition) is 2. The maximum atomic E-state index is 4.67. The Morgan fingerprint density at radius 3 is 2.79 bits per heavy atom. The van der Waals surface area contributed by atoms with E-state index in [1.807, 2.05) is 19.2 Å². The third-order valence-electron chi connectivity index (χ3n) is 3.33. The molecule has 3 rings (SSSR count). The maximum absolute atomic E-state index is 4.67. The smallest absolute Gasteiger partial charge is 0.138 e. The van der Waals surface area contributed by atoms with E-state index in [0.29, 0.717) is 0 Å². The predicted octanol–water partition coefficient (Wildman–Crippen LogP) is 3.26. The maximum Gasteiger partial charge on any atom is 0.138 e. The predicted molar refractivity (Wildman–Crippen MR) is 79.0 cm³/mol. The first-order valence-electron chi connectivity index (χ1n) is 6.47. The van der Waals surface area contributed by atoms with Gasteiger partial charge in [-0.1, -0.05) is 30.3 Å². The van der Waals surface area contributed by atoms with Crippen molar-refractivity contribution in [1.82, 2.24) is 15.3 Å². The zero-order valence-electron chi connectivity index (χ0n) is 11.2. The highest BCUT2D eigenvalue weighted by Gasteiger charge is 2.07. The molecular weight excluding hydrogens is 234 g/mol. The van der Waals surface area contributed by atoms with Gasteiger partial charge in [0.1, 0.15) is 5.82 Å². The van der Waals surface area contributed by atoms with E-state index in [1.54, 1.807) is 0 Å². The standard InChI is InChI=1S/C16H17N3/c1-11-5-3-4-6-13(11)16-18-14-8-7-12(10-17-2)9-15(14)19-16/h3-9,17H,10H2,1-2H3,(H,18,19). The molecule has 0 saturated carbocycles. The molecule has 0 radical (unpaired) electrons. The first kappa shape index (κ1) is 11.9. The van der Waals surface area contributed by atoms with Gasteiger partial charge >= 0.3 is 0 Å². The normalized spacial score (nSPS) is 11.1. The van der Waals surface area contributed by atoms with Gasteiger partial charge in [-0.25, -0.2) is 4.98 Å². The van der Waals surface area contributed by atoms with Gasteiger partial charge in [-0.15, -0.1) is 0 Å². The third-order valence-corrected chi connectivity index (χ3v) is 3.33. The Balaban J connectivity index is 2.09. The van der Waals surface area contributed by atoms with Crippen LogP contribution >= 0.6 is 0 Å². The Kier molecular flexibility index (Phi) is 3.05. The summed E-state index contributed by atoms with van der Waals surface area (Å²) in [6, 6.07) is 14.6. The van der Waals surface area contributed by atoms with Crippen LogP contribution in [0.3, 0.4) is 0 Å². The summed E-state index contributed by atoms with van der Waals surface area (Å²) >= 11 is 0. The van der Waals surface area contributed by atoms with Crippen molar-refractivity contribution in [3.63, 3.8) is 0 Å². The summed E-state index contributed by atoms with van der Waals surface area (Å²) in [7, 11) is 1.95. The first-order chi connectivity index (χ1) is 9.28. The van der Waals surface area contributed by atoms with Crippen molar-refractivity contribution in [2.45, 2.75) is 13.5 Å². The molecule has 2 aromatic carbocycles. The molecule has 3 aromatic rings. The van der Waals surface area contributed by atoms with Crippen molar-refractivity contribution in [3.05, 3.63) is 53.6 Å². The van der Waals surface area contributed by atoms with Gasteiger partial charge in [0.25, 0.3) is 0 Å². The molecule has 0 aliphatic heterocycles.